The molecule has 0 amide bonds. The highest BCUT2D eigenvalue weighted by Gasteiger charge is 2.41. The summed E-state index contributed by atoms with van der Waals surface area (Å²) in [6.45, 7) is 3.19. The van der Waals surface area contributed by atoms with Crippen LogP contribution in [0.4, 0.5) is 30.7 Å². The average molecular weight is 381 g/mol. The second-order valence-corrected chi connectivity index (χ2v) is 5.38. The molecule has 0 aromatic heterocycles. The highest BCUT2D eigenvalue weighted by molar-refractivity contribution is 5.85. The first-order valence-electron chi connectivity index (χ1n) is 6.94. The quantitative estimate of drug-likeness (QED) is 0.772. The summed E-state index contributed by atoms with van der Waals surface area (Å²) in [6, 6.07) is -0.864. The molecule has 10 heteroatoms. The minimum atomic E-state index is -5.07. The first-order valence-corrected chi connectivity index (χ1v) is 6.94. The van der Waals surface area contributed by atoms with Crippen LogP contribution in [0.1, 0.15) is 29.7 Å². The molecular weight excluding hydrogens is 365 g/mol. The Balaban J connectivity index is 0.00000288. The van der Waals surface area contributed by atoms with Crippen LogP contribution in [-0.4, -0.2) is 31.1 Å². The van der Waals surface area contributed by atoms with Crippen LogP contribution in [-0.2, 0) is 12.4 Å². The molecule has 0 saturated carbocycles. The fourth-order valence-electron chi connectivity index (χ4n) is 2.69. The van der Waals surface area contributed by atoms with E-state index < -0.39 is 40.9 Å². The highest BCUT2D eigenvalue weighted by Crippen LogP contribution is 2.41. The maximum Gasteiger partial charge on any atom is 0.416 e. The van der Waals surface area contributed by atoms with Crippen molar-refractivity contribution < 1.29 is 30.7 Å². The SMILES string of the molecule is C[C@H](c1c(F)cc(C(F)(F)F)cc1C(F)(F)F)N1CCNCC1.Cl. The fourth-order valence-corrected chi connectivity index (χ4v) is 2.69. The molecule has 1 aromatic rings. The Labute approximate surface area is 140 Å². The van der Waals surface area contributed by atoms with Gasteiger partial charge in [0.15, 0.2) is 0 Å². The van der Waals surface area contributed by atoms with Crippen LogP contribution in [0.5, 0.6) is 0 Å². The number of nitrogens with zero attached hydrogens (tertiary/aromatic N) is 1. The highest BCUT2D eigenvalue weighted by atomic mass is 35.5. The third kappa shape index (κ3) is 4.52. The van der Waals surface area contributed by atoms with E-state index in [-0.39, 0.29) is 24.5 Å². The number of hydrogen-bond donors (Lipinski definition) is 1. The zero-order chi connectivity index (χ0) is 17.4. The molecular formula is C14H16ClF7N2. The molecule has 2 nitrogen and oxygen atoms in total. The van der Waals surface area contributed by atoms with E-state index in [1.165, 1.54) is 6.92 Å². The predicted molar refractivity (Wildman–Crippen MR) is 76.5 cm³/mol. The van der Waals surface area contributed by atoms with Crippen molar-refractivity contribution in [2.75, 3.05) is 26.2 Å². The molecule has 1 aromatic carbocycles. The lowest BCUT2D eigenvalue weighted by molar-refractivity contribution is -0.144. The van der Waals surface area contributed by atoms with Gasteiger partial charge in [0.25, 0.3) is 0 Å². The molecule has 138 valence electrons. The molecule has 1 N–H and O–H groups in total. The Kier molecular flexibility index (Phi) is 6.51. The van der Waals surface area contributed by atoms with Crippen LogP contribution in [0.3, 0.4) is 0 Å². The van der Waals surface area contributed by atoms with E-state index in [1.807, 2.05) is 0 Å². The van der Waals surface area contributed by atoms with E-state index in [9.17, 15) is 30.7 Å². The standard InChI is InChI=1S/C14H15F7N2.ClH/c1-8(23-4-2-22-3-5-23)12-10(14(19,20)21)6-9(7-11(12)15)13(16,17)18;/h6-8,22H,2-5H2,1H3;1H/t8-;/m1./s1. The van der Waals surface area contributed by atoms with Crippen LogP contribution in [0.15, 0.2) is 12.1 Å². The Hall–Kier alpha value is -1.06. The summed E-state index contributed by atoms with van der Waals surface area (Å²) in [6.07, 6.45) is -10.1. The van der Waals surface area contributed by atoms with Crippen LogP contribution >= 0.6 is 12.4 Å². The minimum absolute atomic E-state index is 0. The lowest BCUT2D eigenvalue weighted by Crippen LogP contribution is -2.45. The Morgan fingerprint density at radius 2 is 1.54 bits per heavy atom. The van der Waals surface area contributed by atoms with Crippen LogP contribution in [0.2, 0.25) is 0 Å². The van der Waals surface area contributed by atoms with Gasteiger partial charge in [0.1, 0.15) is 5.82 Å². The average Bonchev–Trinajstić information content (AvgIpc) is 2.44. The molecule has 1 saturated heterocycles. The molecule has 1 fully saturated rings. The zero-order valence-corrected chi connectivity index (χ0v) is 13.4. The number of nitrogens with one attached hydrogen (secondary N) is 1. The van der Waals surface area contributed by atoms with Gasteiger partial charge in [-0.2, -0.15) is 26.3 Å². The van der Waals surface area contributed by atoms with E-state index >= 15 is 0 Å². The van der Waals surface area contributed by atoms with E-state index in [2.05, 4.69) is 5.32 Å². The maximum absolute atomic E-state index is 14.1. The Bertz CT molecular complexity index is 565. The predicted octanol–water partition coefficient (Wildman–Crippen LogP) is 4.25. The molecule has 1 heterocycles. The molecule has 1 aliphatic heterocycles. The number of alkyl halides is 6. The normalized spacial score (nSPS) is 18.2. The van der Waals surface area contributed by atoms with E-state index in [0.29, 0.717) is 26.2 Å². The number of rotatable bonds is 2. The Morgan fingerprint density at radius 1 is 1.00 bits per heavy atom. The second kappa shape index (κ2) is 7.45. The van der Waals surface area contributed by atoms with Crippen molar-refractivity contribution in [2.24, 2.45) is 0 Å². The van der Waals surface area contributed by atoms with Gasteiger partial charge in [-0.3, -0.25) is 4.90 Å². The summed E-state index contributed by atoms with van der Waals surface area (Å²) in [7, 11) is 0. The number of benzene rings is 1. The first kappa shape index (κ1) is 21.0. The summed E-state index contributed by atoms with van der Waals surface area (Å²) in [5, 5.41) is 3.00. The van der Waals surface area contributed by atoms with Gasteiger partial charge in [-0.15, -0.1) is 12.4 Å². The summed E-state index contributed by atoms with van der Waals surface area (Å²) >= 11 is 0. The number of hydrogen-bond acceptors (Lipinski definition) is 2. The van der Waals surface area contributed by atoms with Gasteiger partial charge < -0.3 is 5.32 Å². The van der Waals surface area contributed by atoms with Gasteiger partial charge in [-0.1, -0.05) is 0 Å². The van der Waals surface area contributed by atoms with Gasteiger partial charge >= 0.3 is 12.4 Å². The van der Waals surface area contributed by atoms with Gasteiger partial charge in [-0.05, 0) is 19.1 Å². The third-order valence-electron chi connectivity index (χ3n) is 3.88. The zero-order valence-electron chi connectivity index (χ0n) is 12.6. The first-order chi connectivity index (χ1) is 10.5. The van der Waals surface area contributed by atoms with Crippen LogP contribution < -0.4 is 5.32 Å². The topological polar surface area (TPSA) is 15.3 Å². The van der Waals surface area contributed by atoms with Crippen molar-refractivity contribution in [3.05, 3.63) is 34.6 Å². The summed E-state index contributed by atoms with van der Waals surface area (Å²) in [5.41, 5.74) is -3.96. The molecule has 0 spiro atoms. The smallest absolute Gasteiger partial charge is 0.314 e. The molecule has 0 unspecified atom stereocenters. The van der Waals surface area contributed by atoms with Crippen molar-refractivity contribution in [3.8, 4) is 0 Å². The van der Waals surface area contributed by atoms with E-state index in [0.717, 1.165) is 0 Å². The molecule has 1 aliphatic rings. The van der Waals surface area contributed by atoms with Crippen LogP contribution in [0, 0.1) is 5.82 Å². The largest absolute Gasteiger partial charge is 0.416 e. The Morgan fingerprint density at radius 3 is 2.00 bits per heavy atom. The van der Waals surface area contributed by atoms with Crippen molar-refractivity contribution in [1.82, 2.24) is 10.2 Å². The molecule has 0 radical (unpaired) electrons. The fraction of sp³-hybridized carbons (Fsp3) is 0.571. The van der Waals surface area contributed by atoms with Crippen molar-refractivity contribution in [2.45, 2.75) is 25.3 Å². The lowest BCUT2D eigenvalue weighted by atomic mass is 9.96. The van der Waals surface area contributed by atoms with Crippen molar-refractivity contribution >= 4 is 12.4 Å². The monoisotopic (exact) mass is 380 g/mol. The molecule has 0 aliphatic carbocycles. The number of halogens is 8. The van der Waals surface area contributed by atoms with Gasteiger partial charge in [0.2, 0.25) is 0 Å². The minimum Gasteiger partial charge on any atom is -0.314 e. The van der Waals surface area contributed by atoms with Crippen LogP contribution in [0.25, 0.3) is 0 Å². The molecule has 2 rings (SSSR count). The van der Waals surface area contributed by atoms with Crippen molar-refractivity contribution in [1.29, 1.82) is 0 Å². The molecule has 24 heavy (non-hydrogen) atoms. The maximum atomic E-state index is 14.1. The summed E-state index contributed by atoms with van der Waals surface area (Å²) in [5.74, 6) is -1.49. The third-order valence-corrected chi connectivity index (χ3v) is 3.88. The second-order valence-electron chi connectivity index (χ2n) is 5.38. The van der Waals surface area contributed by atoms with Gasteiger partial charge in [0.05, 0.1) is 11.1 Å². The summed E-state index contributed by atoms with van der Waals surface area (Å²) < 4.78 is 91.6. The molecule has 0 bridgehead atoms. The van der Waals surface area contributed by atoms with Crippen molar-refractivity contribution in [3.63, 3.8) is 0 Å². The van der Waals surface area contributed by atoms with E-state index in [4.69, 9.17) is 0 Å². The van der Waals surface area contributed by atoms with Gasteiger partial charge in [-0.25, -0.2) is 4.39 Å². The summed E-state index contributed by atoms with van der Waals surface area (Å²) in [4.78, 5) is 1.61. The van der Waals surface area contributed by atoms with E-state index in [1.54, 1.807) is 4.90 Å². The molecule has 1 atom stereocenters. The lowest BCUT2D eigenvalue weighted by Gasteiger charge is -2.34. The van der Waals surface area contributed by atoms with Gasteiger partial charge in [0, 0.05) is 37.8 Å². The number of piperazine rings is 1.